The monoisotopic (exact) mass is 1450 g/mol. The number of nitrogens with zero attached hydrogens (tertiary/aromatic N) is 5. The zero-order valence-corrected chi connectivity index (χ0v) is 58.9. The molecule has 0 radical (unpaired) electrons. The third kappa shape index (κ3) is 12.9. The minimum Gasteiger partial charge on any atom is -0.510 e. The van der Waals surface area contributed by atoms with Gasteiger partial charge in [0, 0.05) is 49.8 Å². The predicted molar refractivity (Wildman–Crippen MR) is 400 cm³/mol. The van der Waals surface area contributed by atoms with E-state index in [-0.39, 0.29) is 37.3 Å². The summed E-state index contributed by atoms with van der Waals surface area (Å²) in [5.74, 6) is 2.49. The van der Waals surface area contributed by atoms with Crippen LogP contribution in [0.5, 0.6) is 11.5 Å². The van der Waals surface area contributed by atoms with Crippen LogP contribution in [-0.2, 0) is 37.3 Å². The molecule has 0 aliphatic heterocycles. The molecule has 0 spiro atoms. The predicted octanol–water partition coefficient (Wildman–Crippen LogP) is 23.1. The average molecular weight is 1450 g/mol. The molecule has 3 heterocycles. The van der Waals surface area contributed by atoms with Crippen LogP contribution in [0.1, 0.15) is 79.0 Å². The number of hydrogen-bond acceptors (Lipinski definition) is 3. The fourth-order valence-corrected chi connectivity index (χ4v) is 13.3. The fraction of sp³-hybridized carbons (Fsp3) is 0.132. The quantitative estimate of drug-likeness (QED) is 0.0854. The molecule has 482 valence electrons. The molecule has 12 aromatic carbocycles. The first-order chi connectivity index (χ1) is 46.9. The summed E-state index contributed by atoms with van der Waals surface area (Å²) in [6, 6.07) is 110. The summed E-state index contributed by atoms with van der Waals surface area (Å²) in [5.41, 5.74) is 22.5. The van der Waals surface area contributed by atoms with Gasteiger partial charge in [-0.15, -0.1) is 34.9 Å². The Morgan fingerprint density at radius 3 is 1.34 bits per heavy atom. The van der Waals surface area contributed by atoms with E-state index in [0.717, 1.165) is 117 Å². The van der Waals surface area contributed by atoms with Gasteiger partial charge in [-0.25, -0.2) is 4.98 Å². The molecule has 0 unspecified atom stereocenters. The van der Waals surface area contributed by atoms with Crippen molar-refractivity contribution in [1.29, 1.82) is 0 Å². The summed E-state index contributed by atoms with van der Waals surface area (Å²) in [5, 5.41) is 8.05. The number of rotatable bonds is 13. The van der Waals surface area contributed by atoms with Gasteiger partial charge in [-0.05, 0) is 165 Å². The average Bonchev–Trinajstić information content (AvgIpc) is 1.56. The molecule has 15 rings (SSSR count). The van der Waals surface area contributed by atoms with Crippen molar-refractivity contribution in [3.8, 4) is 118 Å². The van der Waals surface area contributed by atoms with Crippen LogP contribution >= 0.6 is 0 Å². The first-order valence-corrected chi connectivity index (χ1v) is 33.4. The van der Waals surface area contributed by atoms with E-state index < -0.39 is 0 Å². The Kier molecular flexibility index (Phi) is 17.3. The standard InChI is InChI=1S/C91H75N5O.Pt/c1-89(2,3)72-45-46-92-85(56-72)96-83-44-26-25-41-81(83)86-82(65-37-23-14-24-38-65)58-78(59-84(86)96)97-77-40-27-39-75(57-77)94-60-95(76-54-73(90(4,5)6)53-74(55-76)91(7,8)9)93-88(94)87-79(70-49-66(61-29-15-10-16-30-61)47-67(50-70)62-31-17-11-18-32-62)42-28-43-80(87)71-51-68(63-33-19-12-20-34-63)48-69(52-71)64-35-21-13-22-36-64;/h10-56,58H,1-9H3;/q-2;. The molecule has 98 heavy (non-hydrogen) atoms. The topological polar surface area (TPSA) is 48.8 Å². The van der Waals surface area contributed by atoms with Crippen molar-refractivity contribution in [2.45, 2.75) is 78.6 Å². The summed E-state index contributed by atoms with van der Waals surface area (Å²) in [7, 11) is 0. The molecule has 0 saturated carbocycles. The van der Waals surface area contributed by atoms with Gasteiger partial charge in [-0.3, -0.25) is 0 Å². The smallest absolute Gasteiger partial charge is 0.272 e. The Bertz CT molecular complexity index is 5110. The van der Waals surface area contributed by atoms with E-state index in [9.17, 15) is 0 Å². The van der Waals surface area contributed by atoms with Crippen LogP contribution in [0.2, 0.25) is 0 Å². The second kappa shape index (κ2) is 26.3. The van der Waals surface area contributed by atoms with Crippen LogP contribution in [0.25, 0.3) is 128 Å². The normalized spacial score (nSPS) is 11.8. The number of pyridine rings is 1. The van der Waals surface area contributed by atoms with Crippen LogP contribution in [-0.4, -0.2) is 19.2 Å². The first-order valence-electron chi connectivity index (χ1n) is 33.4. The van der Waals surface area contributed by atoms with Gasteiger partial charge in [-0.1, -0.05) is 285 Å². The number of fused-ring (bicyclic) bond motifs is 3. The molecule has 0 N–H and O–H groups in total. The second-order valence-electron chi connectivity index (χ2n) is 28.4. The third-order valence-corrected chi connectivity index (χ3v) is 18.5. The van der Waals surface area contributed by atoms with E-state index in [1.807, 2.05) is 23.0 Å². The molecular formula is C91H75N5OPt-2. The molecular weight excluding hydrogens is 1370 g/mol. The van der Waals surface area contributed by atoms with Gasteiger partial charge in [0.15, 0.2) is 5.82 Å². The van der Waals surface area contributed by atoms with E-state index in [4.69, 9.17) is 14.8 Å². The fourth-order valence-electron chi connectivity index (χ4n) is 13.3. The molecule has 7 heteroatoms. The van der Waals surface area contributed by atoms with Gasteiger partial charge in [0.1, 0.15) is 5.82 Å². The number of aromatic nitrogens is 5. The van der Waals surface area contributed by atoms with Gasteiger partial charge in [-0.2, -0.15) is 16.8 Å². The van der Waals surface area contributed by atoms with Crippen LogP contribution < -0.4 is 9.42 Å². The Labute approximate surface area is 590 Å². The van der Waals surface area contributed by atoms with Gasteiger partial charge in [0.05, 0.1) is 5.69 Å². The van der Waals surface area contributed by atoms with E-state index in [0.29, 0.717) is 23.0 Å². The van der Waals surface area contributed by atoms with Crippen LogP contribution in [0.15, 0.2) is 291 Å². The molecule has 0 amide bonds. The molecule has 6 nitrogen and oxygen atoms in total. The maximum Gasteiger partial charge on any atom is 0.272 e. The number of hydrogen-bond donors (Lipinski definition) is 0. The summed E-state index contributed by atoms with van der Waals surface area (Å²) in [4.78, 5) is 5.05. The molecule has 0 saturated heterocycles. The van der Waals surface area contributed by atoms with Gasteiger partial charge < -0.3 is 13.9 Å². The van der Waals surface area contributed by atoms with Crippen molar-refractivity contribution in [3.63, 3.8) is 0 Å². The van der Waals surface area contributed by atoms with Crippen LogP contribution in [0.4, 0.5) is 0 Å². The SMILES string of the molecule is CC(C)(C)c1cc(-[n+]2[c-]n(-c3[c-]c(Oc4[c-]c5c(c(-c6ccccc6)c4)c4ccccc4n5-c4cc(C(C)(C)C)ccn4)ccc3)c(-c3c(-c4cc(-c5ccccc5)cc(-c5ccccc5)c4)cccc3-c3cc(-c4ccccc4)cc(-c4ccccc4)c3)n2)cc(C(C)(C)C)c1.[Pt]. The summed E-state index contributed by atoms with van der Waals surface area (Å²) in [6.45, 7) is 20.4. The van der Waals surface area contributed by atoms with Gasteiger partial charge in [0.25, 0.3) is 6.33 Å². The number of para-hydroxylation sites is 1. The minimum atomic E-state index is -0.177. The molecule has 0 fully saturated rings. The summed E-state index contributed by atoms with van der Waals surface area (Å²) in [6.07, 6.45) is 5.81. The Morgan fingerprint density at radius 2 is 0.837 bits per heavy atom. The van der Waals surface area contributed by atoms with Crippen LogP contribution in [0, 0.1) is 18.5 Å². The van der Waals surface area contributed by atoms with Crippen LogP contribution in [0.3, 0.4) is 0 Å². The van der Waals surface area contributed by atoms with E-state index in [1.165, 1.54) is 16.7 Å². The maximum absolute atomic E-state index is 7.23. The van der Waals surface area contributed by atoms with Crippen molar-refractivity contribution in [1.82, 2.24) is 19.2 Å². The van der Waals surface area contributed by atoms with Crippen molar-refractivity contribution < 1.29 is 30.5 Å². The largest absolute Gasteiger partial charge is 0.510 e. The summed E-state index contributed by atoms with van der Waals surface area (Å²) >= 11 is 0. The van der Waals surface area contributed by atoms with Crippen molar-refractivity contribution in [2.75, 3.05) is 0 Å². The van der Waals surface area contributed by atoms with E-state index >= 15 is 0 Å². The molecule has 15 aromatic rings. The maximum atomic E-state index is 7.23. The first kappa shape index (κ1) is 64.6. The second-order valence-corrected chi connectivity index (χ2v) is 28.4. The molecule has 0 aliphatic carbocycles. The number of ether oxygens (including phenoxy) is 1. The molecule has 0 aliphatic rings. The van der Waals surface area contributed by atoms with Gasteiger partial charge in [0.2, 0.25) is 0 Å². The molecule has 3 aromatic heterocycles. The van der Waals surface area contributed by atoms with Gasteiger partial charge >= 0.3 is 0 Å². The number of benzene rings is 12. The zero-order valence-electron chi connectivity index (χ0n) is 56.7. The van der Waals surface area contributed by atoms with Crippen molar-refractivity contribution in [3.05, 3.63) is 326 Å². The van der Waals surface area contributed by atoms with Crippen molar-refractivity contribution >= 4 is 21.8 Å². The Hall–Kier alpha value is -10.8. The zero-order chi connectivity index (χ0) is 66.6. The van der Waals surface area contributed by atoms with Crippen molar-refractivity contribution in [2.24, 2.45) is 0 Å². The van der Waals surface area contributed by atoms with E-state index in [2.05, 4.69) is 363 Å². The third-order valence-electron chi connectivity index (χ3n) is 18.5. The Morgan fingerprint density at radius 1 is 0.378 bits per heavy atom. The molecule has 0 bridgehead atoms. The minimum absolute atomic E-state index is 0. The Balaban J connectivity index is 0.00000821. The molecule has 0 atom stereocenters. The van der Waals surface area contributed by atoms with E-state index in [1.54, 1.807) is 0 Å². The summed E-state index contributed by atoms with van der Waals surface area (Å²) < 4.78 is 13.5.